The minimum atomic E-state index is -4.50. The Hall–Kier alpha value is -2.30. The molecule has 0 bridgehead atoms. The molecular weight excluding hydrogens is 405 g/mol. The van der Waals surface area contributed by atoms with Gasteiger partial charge in [0.25, 0.3) is 0 Å². The van der Waals surface area contributed by atoms with E-state index < -0.39 is 24.2 Å². The van der Waals surface area contributed by atoms with Gasteiger partial charge in [-0.3, -0.25) is 4.79 Å². The van der Waals surface area contributed by atoms with Crippen LogP contribution >= 0.6 is 0 Å². The number of alkyl halides is 3. The Morgan fingerprint density at radius 3 is 2.60 bits per heavy atom. The first-order valence-corrected chi connectivity index (χ1v) is 10.1. The quantitative estimate of drug-likeness (QED) is 0.696. The summed E-state index contributed by atoms with van der Waals surface area (Å²) >= 11 is 0. The van der Waals surface area contributed by atoms with Crippen molar-refractivity contribution in [1.82, 2.24) is 14.7 Å². The Kier molecular flexibility index (Phi) is 6.89. The van der Waals surface area contributed by atoms with Gasteiger partial charge < -0.3 is 19.7 Å². The van der Waals surface area contributed by atoms with Crippen molar-refractivity contribution in [2.75, 3.05) is 38.7 Å². The molecular formula is C19H27F3N4O4. The lowest BCUT2D eigenvalue weighted by Gasteiger charge is -2.41. The van der Waals surface area contributed by atoms with Gasteiger partial charge in [0.1, 0.15) is 11.4 Å². The van der Waals surface area contributed by atoms with Crippen molar-refractivity contribution in [2.24, 2.45) is 5.92 Å². The highest BCUT2D eigenvalue weighted by Gasteiger charge is 2.48. The second kappa shape index (κ2) is 9.23. The molecule has 1 aromatic rings. The van der Waals surface area contributed by atoms with Crippen LogP contribution in [0.15, 0.2) is 6.20 Å². The van der Waals surface area contributed by atoms with Gasteiger partial charge in [-0.1, -0.05) is 0 Å². The summed E-state index contributed by atoms with van der Waals surface area (Å²) in [5, 5.41) is 6.93. The fourth-order valence-corrected chi connectivity index (χ4v) is 4.16. The predicted octanol–water partition coefficient (Wildman–Crippen LogP) is 2.62. The molecule has 2 aliphatic rings. The number of amides is 1. The van der Waals surface area contributed by atoms with Gasteiger partial charge in [-0.2, -0.15) is 18.3 Å². The fraction of sp³-hybridized carbons (Fsp3) is 0.737. The van der Waals surface area contributed by atoms with E-state index in [1.54, 1.807) is 11.8 Å². The van der Waals surface area contributed by atoms with Crippen LogP contribution in [0, 0.1) is 5.92 Å². The van der Waals surface area contributed by atoms with E-state index in [4.69, 9.17) is 9.47 Å². The Labute approximate surface area is 172 Å². The second-order valence-corrected chi connectivity index (χ2v) is 7.58. The SMILES string of the molecule is CCOC(=O)c1cnn2c1N[C@H](C1CCN(C(=O)CCOC)CC1)C[C@@H]2C(F)(F)F. The summed E-state index contributed by atoms with van der Waals surface area (Å²) in [6, 6.07) is -2.30. The number of piperidine rings is 1. The van der Waals surface area contributed by atoms with E-state index in [1.807, 2.05) is 0 Å². The van der Waals surface area contributed by atoms with Crippen LogP contribution in [0.2, 0.25) is 0 Å². The Morgan fingerprint density at radius 1 is 1.30 bits per heavy atom. The molecule has 0 spiro atoms. The molecule has 2 atom stereocenters. The van der Waals surface area contributed by atoms with Crippen molar-refractivity contribution in [2.45, 2.75) is 50.9 Å². The first-order valence-electron chi connectivity index (χ1n) is 10.1. The van der Waals surface area contributed by atoms with E-state index in [9.17, 15) is 22.8 Å². The van der Waals surface area contributed by atoms with Crippen molar-refractivity contribution in [1.29, 1.82) is 0 Å². The largest absolute Gasteiger partial charge is 0.462 e. The van der Waals surface area contributed by atoms with Crippen LogP contribution in [0.4, 0.5) is 19.0 Å². The third kappa shape index (κ3) is 4.71. The fourth-order valence-electron chi connectivity index (χ4n) is 4.16. The number of anilines is 1. The lowest BCUT2D eigenvalue weighted by molar-refractivity contribution is -0.174. The van der Waals surface area contributed by atoms with Crippen molar-refractivity contribution in [3.63, 3.8) is 0 Å². The number of carbonyl (C=O) groups is 2. The molecule has 1 saturated heterocycles. The van der Waals surface area contributed by atoms with Gasteiger partial charge in [0, 0.05) is 26.2 Å². The Balaban J connectivity index is 1.74. The number of hydrogen-bond donors (Lipinski definition) is 1. The van der Waals surface area contributed by atoms with Crippen LogP contribution in [0.1, 0.15) is 49.0 Å². The summed E-state index contributed by atoms with van der Waals surface area (Å²) in [5.41, 5.74) is 0.00276. The normalized spacial score (nSPS) is 22.4. The highest BCUT2D eigenvalue weighted by atomic mass is 19.4. The second-order valence-electron chi connectivity index (χ2n) is 7.58. The monoisotopic (exact) mass is 432 g/mol. The number of nitrogens with one attached hydrogen (secondary N) is 1. The van der Waals surface area contributed by atoms with Gasteiger partial charge in [0.15, 0.2) is 6.04 Å². The molecule has 2 aliphatic heterocycles. The van der Waals surface area contributed by atoms with Crippen molar-refractivity contribution >= 4 is 17.7 Å². The first kappa shape index (κ1) is 22.4. The average Bonchev–Trinajstić information content (AvgIpc) is 3.15. The zero-order chi connectivity index (χ0) is 21.9. The minimum Gasteiger partial charge on any atom is -0.462 e. The number of likely N-dealkylation sites (tertiary alicyclic amines) is 1. The zero-order valence-electron chi connectivity index (χ0n) is 17.1. The van der Waals surface area contributed by atoms with E-state index in [2.05, 4.69) is 10.4 Å². The van der Waals surface area contributed by atoms with E-state index >= 15 is 0 Å². The number of carbonyl (C=O) groups excluding carboxylic acids is 2. The van der Waals surface area contributed by atoms with E-state index in [1.165, 1.54) is 7.11 Å². The summed E-state index contributed by atoms with van der Waals surface area (Å²) in [6.45, 7) is 3.07. The summed E-state index contributed by atoms with van der Waals surface area (Å²) in [4.78, 5) is 26.1. The van der Waals surface area contributed by atoms with Gasteiger partial charge in [0.2, 0.25) is 5.91 Å². The van der Waals surface area contributed by atoms with E-state index in [0.717, 1.165) is 10.9 Å². The Morgan fingerprint density at radius 2 is 2.00 bits per heavy atom. The summed E-state index contributed by atoms with van der Waals surface area (Å²) in [6.07, 6.45) is -2.08. The van der Waals surface area contributed by atoms with Crippen LogP contribution < -0.4 is 5.32 Å². The van der Waals surface area contributed by atoms with Crippen LogP contribution in [0.5, 0.6) is 0 Å². The molecule has 3 heterocycles. The maximum absolute atomic E-state index is 13.7. The molecule has 0 unspecified atom stereocenters. The van der Waals surface area contributed by atoms with Crippen LogP contribution in [0.3, 0.4) is 0 Å². The molecule has 0 radical (unpaired) electrons. The molecule has 168 valence electrons. The standard InChI is InChI=1S/C19H27F3N4O4/c1-3-30-18(28)13-11-23-26-15(19(20,21)22)10-14(24-17(13)26)12-4-7-25(8-5-12)16(27)6-9-29-2/h11-12,14-15,24H,3-10H2,1-2H3/t14-,15+/m0/s1. The molecule has 1 aromatic heterocycles. The average molecular weight is 432 g/mol. The third-order valence-electron chi connectivity index (χ3n) is 5.74. The van der Waals surface area contributed by atoms with Gasteiger partial charge in [-0.05, 0) is 32.1 Å². The summed E-state index contributed by atoms with van der Waals surface area (Å²) < 4.78 is 51.9. The number of esters is 1. The lowest BCUT2D eigenvalue weighted by Crippen LogP contribution is -2.47. The minimum absolute atomic E-state index is 0.00276. The number of rotatable bonds is 6. The number of fused-ring (bicyclic) bond motifs is 1. The maximum Gasteiger partial charge on any atom is 0.410 e. The summed E-state index contributed by atoms with van der Waals surface area (Å²) in [7, 11) is 1.53. The van der Waals surface area contributed by atoms with Crippen molar-refractivity contribution in [3.8, 4) is 0 Å². The van der Waals surface area contributed by atoms with Crippen LogP contribution in [0.25, 0.3) is 0 Å². The molecule has 8 nitrogen and oxygen atoms in total. The van der Waals surface area contributed by atoms with Crippen molar-refractivity contribution < 1.29 is 32.2 Å². The van der Waals surface area contributed by atoms with Crippen LogP contribution in [-0.2, 0) is 14.3 Å². The van der Waals surface area contributed by atoms with E-state index in [0.29, 0.717) is 39.0 Å². The highest BCUT2D eigenvalue weighted by Crippen LogP contribution is 2.43. The molecule has 1 fully saturated rings. The molecule has 0 aromatic carbocycles. The number of methoxy groups -OCH3 is 1. The van der Waals surface area contributed by atoms with Gasteiger partial charge in [-0.15, -0.1) is 0 Å². The van der Waals surface area contributed by atoms with Crippen molar-refractivity contribution in [3.05, 3.63) is 11.8 Å². The molecule has 1 amide bonds. The maximum atomic E-state index is 13.7. The number of aromatic nitrogens is 2. The smallest absolute Gasteiger partial charge is 0.410 e. The molecule has 0 saturated carbocycles. The molecule has 3 rings (SSSR count). The van der Waals surface area contributed by atoms with Gasteiger partial charge in [0.05, 0.1) is 25.8 Å². The summed E-state index contributed by atoms with van der Waals surface area (Å²) in [5.74, 6) is -0.722. The van der Waals surface area contributed by atoms with Gasteiger partial charge >= 0.3 is 12.1 Å². The molecule has 1 N–H and O–H groups in total. The Bertz CT molecular complexity index is 759. The number of ether oxygens (including phenoxy) is 2. The molecule has 11 heteroatoms. The number of halogens is 3. The van der Waals surface area contributed by atoms with E-state index in [-0.39, 0.29) is 36.2 Å². The highest BCUT2D eigenvalue weighted by molar-refractivity contribution is 5.94. The molecule has 0 aliphatic carbocycles. The van der Waals surface area contributed by atoms with Gasteiger partial charge in [-0.25, -0.2) is 9.48 Å². The van der Waals surface area contributed by atoms with Crippen LogP contribution in [-0.4, -0.2) is 72.2 Å². The topological polar surface area (TPSA) is 85.7 Å². The third-order valence-corrected chi connectivity index (χ3v) is 5.74. The molecule has 30 heavy (non-hydrogen) atoms. The number of nitrogens with zero attached hydrogens (tertiary/aromatic N) is 3. The first-order chi connectivity index (χ1) is 14.3. The zero-order valence-corrected chi connectivity index (χ0v) is 17.1. The predicted molar refractivity (Wildman–Crippen MR) is 101 cm³/mol. The lowest BCUT2D eigenvalue weighted by atomic mass is 9.84. The number of hydrogen-bond acceptors (Lipinski definition) is 6.